The molecule has 1 spiro atoms. The average Bonchev–Trinajstić information content (AvgIpc) is 2.80. The summed E-state index contributed by atoms with van der Waals surface area (Å²) in [5.74, 6) is -0.837. The third-order valence-electron chi connectivity index (χ3n) is 5.18. The molecular formula is C20H29NO5. The number of hydrogen-bond donors (Lipinski definition) is 2. The lowest BCUT2D eigenvalue weighted by Gasteiger charge is -2.40. The average molecular weight is 363 g/mol. The van der Waals surface area contributed by atoms with Crippen molar-refractivity contribution in [3.05, 3.63) is 23.3 Å². The molecule has 0 aromatic carbocycles. The van der Waals surface area contributed by atoms with Gasteiger partial charge in [0, 0.05) is 13.3 Å². The maximum absolute atomic E-state index is 12.9. The Bertz CT molecular complexity index is 647. The van der Waals surface area contributed by atoms with Gasteiger partial charge in [0.1, 0.15) is 11.9 Å². The summed E-state index contributed by atoms with van der Waals surface area (Å²) in [5.41, 5.74) is 1.27. The predicted octanol–water partition coefficient (Wildman–Crippen LogP) is 2.21. The van der Waals surface area contributed by atoms with Gasteiger partial charge in [0.15, 0.2) is 0 Å². The molecule has 0 aromatic rings. The summed E-state index contributed by atoms with van der Waals surface area (Å²) in [6.45, 7) is 7.40. The molecule has 2 N–H and O–H groups in total. The van der Waals surface area contributed by atoms with Gasteiger partial charge in [-0.05, 0) is 46.1 Å². The Labute approximate surface area is 154 Å². The molecule has 1 amide bonds. The zero-order valence-electron chi connectivity index (χ0n) is 16.0. The molecule has 1 aliphatic carbocycles. The zero-order valence-corrected chi connectivity index (χ0v) is 16.0. The summed E-state index contributed by atoms with van der Waals surface area (Å²) >= 11 is 0. The highest BCUT2D eigenvalue weighted by Crippen LogP contribution is 2.46. The first-order valence-corrected chi connectivity index (χ1v) is 9.12. The standard InChI is InChI=1S/C20H29NO5/c1-12(2)6-5-7-13(3)8-18-20(11-19(25)26-18)10-16(23)15(9-17(20)24)21-14(4)22/h6,8,15-16,18,23H,5,7,9-11H2,1-4H3,(H,21,22). The van der Waals surface area contributed by atoms with Gasteiger partial charge in [-0.25, -0.2) is 0 Å². The molecule has 144 valence electrons. The van der Waals surface area contributed by atoms with Gasteiger partial charge in [0.25, 0.3) is 0 Å². The van der Waals surface area contributed by atoms with E-state index in [2.05, 4.69) is 11.4 Å². The molecule has 1 saturated carbocycles. The van der Waals surface area contributed by atoms with Crippen LogP contribution in [0.4, 0.5) is 0 Å². The lowest BCUT2D eigenvalue weighted by atomic mass is 9.65. The maximum atomic E-state index is 12.9. The van der Waals surface area contributed by atoms with Crippen molar-refractivity contribution >= 4 is 17.7 Å². The van der Waals surface area contributed by atoms with Gasteiger partial charge in [-0.1, -0.05) is 17.2 Å². The van der Waals surface area contributed by atoms with Gasteiger partial charge in [-0.15, -0.1) is 0 Å². The van der Waals surface area contributed by atoms with Gasteiger partial charge < -0.3 is 15.2 Å². The van der Waals surface area contributed by atoms with Crippen LogP contribution >= 0.6 is 0 Å². The minimum absolute atomic E-state index is 0.0124. The van der Waals surface area contributed by atoms with Gasteiger partial charge in [-0.3, -0.25) is 14.4 Å². The monoisotopic (exact) mass is 363 g/mol. The Balaban J connectivity index is 2.17. The second-order valence-electron chi connectivity index (χ2n) is 7.78. The van der Waals surface area contributed by atoms with Gasteiger partial charge >= 0.3 is 5.97 Å². The number of rotatable bonds is 5. The van der Waals surface area contributed by atoms with E-state index in [4.69, 9.17) is 4.74 Å². The molecule has 0 radical (unpaired) electrons. The van der Waals surface area contributed by atoms with Crippen molar-refractivity contribution in [2.24, 2.45) is 5.41 Å². The number of aliphatic hydroxyl groups excluding tert-OH is 1. The quantitative estimate of drug-likeness (QED) is 0.577. The van der Waals surface area contributed by atoms with Crippen LogP contribution < -0.4 is 5.32 Å². The highest BCUT2D eigenvalue weighted by atomic mass is 16.6. The van der Waals surface area contributed by atoms with E-state index in [0.29, 0.717) is 0 Å². The number of allylic oxidation sites excluding steroid dienone is 3. The van der Waals surface area contributed by atoms with Gasteiger partial charge in [-0.2, -0.15) is 0 Å². The number of aliphatic hydroxyl groups is 1. The molecule has 1 saturated heterocycles. The molecule has 4 unspecified atom stereocenters. The second-order valence-corrected chi connectivity index (χ2v) is 7.78. The number of carbonyl (C=O) groups is 3. The number of cyclic esters (lactones) is 1. The second kappa shape index (κ2) is 8.16. The van der Waals surface area contributed by atoms with Gasteiger partial charge in [0.2, 0.25) is 5.91 Å². The molecule has 2 rings (SSSR count). The summed E-state index contributed by atoms with van der Waals surface area (Å²) in [4.78, 5) is 36.1. The Morgan fingerprint density at radius 3 is 2.62 bits per heavy atom. The summed E-state index contributed by atoms with van der Waals surface area (Å²) in [6, 6.07) is -0.607. The van der Waals surface area contributed by atoms with Crippen LogP contribution in [0.5, 0.6) is 0 Å². The fraction of sp³-hybridized carbons (Fsp3) is 0.650. The fourth-order valence-corrected chi connectivity index (χ4v) is 3.80. The number of nitrogens with one attached hydrogen (secondary N) is 1. The van der Waals surface area contributed by atoms with Crippen molar-refractivity contribution in [3.8, 4) is 0 Å². The third-order valence-corrected chi connectivity index (χ3v) is 5.18. The van der Waals surface area contributed by atoms with Crippen LogP contribution in [0.3, 0.4) is 0 Å². The number of amides is 1. The summed E-state index contributed by atoms with van der Waals surface area (Å²) < 4.78 is 5.44. The van der Waals surface area contributed by atoms with Gasteiger partial charge in [0.05, 0.1) is 24.0 Å². The minimum atomic E-state index is -1.02. The van der Waals surface area contributed by atoms with E-state index in [1.54, 1.807) is 0 Å². The predicted molar refractivity (Wildman–Crippen MR) is 97.2 cm³/mol. The van der Waals surface area contributed by atoms with E-state index < -0.39 is 29.6 Å². The first-order chi connectivity index (χ1) is 12.1. The number of ether oxygens (including phenoxy) is 1. The highest BCUT2D eigenvalue weighted by Gasteiger charge is 2.57. The Morgan fingerprint density at radius 2 is 2.00 bits per heavy atom. The van der Waals surface area contributed by atoms with Crippen molar-refractivity contribution in [1.29, 1.82) is 0 Å². The topological polar surface area (TPSA) is 92.7 Å². The molecule has 2 fully saturated rings. The van der Waals surface area contributed by atoms with Crippen LogP contribution in [-0.2, 0) is 19.1 Å². The zero-order chi connectivity index (χ0) is 19.5. The minimum Gasteiger partial charge on any atom is -0.457 e. The number of carbonyl (C=O) groups excluding carboxylic acids is 3. The molecule has 26 heavy (non-hydrogen) atoms. The molecule has 6 nitrogen and oxygen atoms in total. The summed E-state index contributed by atoms with van der Waals surface area (Å²) in [6.07, 6.45) is 4.28. The number of esters is 1. The Hall–Kier alpha value is -1.95. The van der Waals surface area contributed by atoms with E-state index in [0.717, 1.165) is 18.4 Å². The van der Waals surface area contributed by atoms with Crippen LogP contribution in [0.1, 0.15) is 59.8 Å². The SMILES string of the molecule is CC(=O)NC1CC(=O)C2(CC(=O)OC2C=C(C)CCC=C(C)C)CC1O. The lowest BCUT2D eigenvalue weighted by Crippen LogP contribution is -2.55. The molecule has 2 aliphatic rings. The molecule has 1 heterocycles. The number of ketones is 1. The third kappa shape index (κ3) is 4.61. The Morgan fingerprint density at radius 1 is 1.31 bits per heavy atom. The van der Waals surface area contributed by atoms with E-state index >= 15 is 0 Å². The number of Topliss-reactive ketones (excluding diaryl/α,β-unsaturated/α-hetero) is 1. The number of hydrogen-bond acceptors (Lipinski definition) is 5. The molecule has 0 aromatic heterocycles. The summed E-state index contributed by atoms with van der Waals surface area (Å²) in [5, 5.41) is 13.1. The fourth-order valence-electron chi connectivity index (χ4n) is 3.80. The van der Waals surface area contributed by atoms with Crippen LogP contribution in [0.25, 0.3) is 0 Å². The first-order valence-electron chi connectivity index (χ1n) is 9.12. The summed E-state index contributed by atoms with van der Waals surface area (Å²) in [7, 11) is 0. The lowest BCUT2D eigenvalue weighted by molar-refractivity contribution is -0.141. The van der Waals surface area contributed by atoms with E-state index in [1.165, 1.54) is 12.5 Å². The normalized spacial score (nSPS) is 31.7. The van der Waals surface area contributed by atoms with Crippen LogP contribution in [0.2, 0.25) is 0 Å². The highest BCUT2D eigenvalue weighted by molar-refractivity contribution is 5.94. The van der Waals surface area contributed by atoms with Crippen molar-refractivity contribution in [2.45, 2.75) is 78.0 Å². The van der Waals surface area contributed by atoms with Crippen molar-refractivity contribution in [2.75, 3.05) is 0 Å². The van der Waals surface area contributed by atoms with E-state index in [1.807, 2.05) is 26.8 Å². The van der Waals surface area contributed by atoms with Crippen LogP contribution in [-0.4, -0.2) is 41.0 Å². The van der Waals surface area contributed by atoms with Crippen LogP contribution in [0, 0.1) is 5.41 Å². The largest absolute Gasteiger partial charge is 0.457 e. The molecular weight excluding hydrogens is 334 g/mol. The van der Waals surface area contributed by atoms with E-state index in [9.17, 15) is 19.5 Å². The molecule has 1 aliphatic heterocycles. The van der Waals surface area contributed by atoms with Crippen molar-refractivity contribution in [3.63, 3.8) is 0 Å². The maximum Gasteiger partial charge on any atom is 0.307 e. The smallest absolute Gasteiger partial charge is 0.307 e. The molecule has 0 bridgehead atoms. The molecule has 6 heteroatoms. The van der Waals surface area contributed by atoms with Crippen molar-refractivity contribution < 1.29 is 24.2 Å². The molecule has 4 atom stereocenters. The first kappa shape index (κ1) is 20.4. The van der Waals surface area contributed by atoms with Crippen LogP contribution in [0.15, 0.2) is 23.3 Å². The van der Waals surface area contributed by atoms with E-state index in [-0.39, 0.29) is 31.0 Å². The Kier molecular flexibility index (Phi) is 6.39. The van der Waals surface area contributed by atoms with Crippen molar-refractivity contribution in [1.82, 2.24) is 5.32 Å².